The van der Waals surface area contributed by atoms with Crippen LogP contribution in [0.2, 0.25) is 5.15 Å². The fraction of sp³-hybridized carbons (Fsp3) is 0.333. The number of halogens is 1. The van der Waals surface area contributed by atoms with E-state index < -0.39 is 0 Å². The minimum atomic E-state index is -0.115. The SMILES string of the molecule is COc1ccc(CNc2cc(Cl)nnc2OCCO)c(OC)c1. The van der Waals surface area contributed by atoms with Gasteiger partial charge in [0.15, 0.2) is 5.15 Å². The van der Waals surface area contributed by atoms with Crippen LogP contribution in [-0.2, 0) is 6.54 Å². The molecule has 0 spiro atoms. The predicted octanol–water partition coefficient (Wildman–Crippen LogP) is 2.13. The number of benzene rings is 1. The highest BCUT2D eigenvalue weighted by Crippen LogP contribution is 2.28. The zero-order chi connectivity index (χ0) is 16.7. The van der Waals surface area contributed by atoms with Gasteiger partial charge in [-0.1, -0.05) is 11.6 Å². The van der Waals surface area contributed by atoms with Crippen molar-refractivity contribution in [3.05, 3.63) is 35.0 Å². The third-order valence-electron chi connectivity index (χ3n) is 3.02. The van der Waals surface area contributed by atoms with Gasteiger partial charge in [0.2, 0.25) is 0 Å². The van der Waals surface area contributed by atoms with Crippen LogP contribution in [0.5, 0.6) is 17.4 Å². The number of aromatic nitrogens is 2. The van der Waals surface area contributed by atoms with Crippen LogP contribution in [-0.4, -0.2) is 42.7 Å². The number of hydrogen-bond donors (Lipinski definition) is 2. The summed E-state index contributed by atoms with van der Waals surface area (Å²) >= 11 is 5.87. The van der Waals surface area contributed by atoms with E-state index in [2.05, 4.69) is 15.5 Å². The van der Waals surface area contributed by atoms with Crippen molar-refractivity contribution in [1.82, 2.24) is 10.2 Å². The van der Waals surface area contributed by atoms with Crippen LogP contribution in [0, 0.1) is 0 Å². The molecule has 0 fully saturated rings. The molecule has 0 saturated carbocycles. The van der Waals surface area contributed by atoms with E-state index in [0.717, 1.165) is 5.56 Å². The van der Waals surface area contributed by atoms with Crippen molar-refractivity contribution in [2.45, 2.75) is 6.54 Å². The van der Waals surface area contributed by atoms with E-state index in [9.17, 15) is 0 Å². The molecule has 0 bridgehead atoms. The van der Waals surface area contributed by atoms with E-state index in [1.165, 1.54) is 0 Å². The second kappa shape index (κ2) is 8.40. The summed E-state index contributed by atoms with van der Waals surface area (Å²) in [5.74, 6) is 1.69. The van der Waals surface area contributed by atoms with Gasteiger partial charge in [0.05, 0.1) is 20.8 Å². The molecule has 1 aromatic carbocycles. The number of nitrogens with zero attached hydrogens (tertiary/aromatic N) is 2. The van der Waals surface area contributed by atoms with Crippen molar-refractivity contribution in [2.24, 2.45) is 0 Å². The van der Waals surface area contributed by atoms with Gasteiger partial charge in [-0.25, -0.2) is 0 Å². The minimum absolute atomic E-state index is 0.115. The molecule has 0 aliphatic carbocycles. The van der Waals surface area contributed by atoms with Crippen LogP contribution in [0.25, 0.3) is 0 Å². The van der Waals surface area contributed by atoms with E-state index in [1.807, 2.05) is 12.1 Å². The van der Waals surface area contributed by atoms with Crippen molar-refractivity contribution in [3.63, 3.8) is 0 Å². The number of anilines is 1. The van der Waals surface area contributed by atoms with Crippen LogP contribution < -0.4 is 19.5 Å². The maximum Gasteiger partial charge on any atom is 0.257 e. The van der Waals surface area contributed by atoms with Crippen molar-refractivity contribution in [3.8, 4) is 17.4 Å². The first-order chi connectivity index (χ1) is 11.2. The van der Waals surface area contributed by atoms with Crippen LogP contribution in [0.4, 0.5) is 5.69 Å². The smallest absolute Gasteiger partial charge is 0.257 e. The Kier molecular flexibility index (Phi) is 6.25. The van der Waals surface area contributed by atoms with Gasteiger partial charge < -0.3 is 24.6 Å². The van der Waals surface area contributed by atoms with Crippen molar-refractivity contribution in [2.75, 3.05) is 32.8 Å². The van der Waals surface area contributed by atoms with E-state index in [4.69, 9.17) is 30.9 Å². The minimum Gasteiger partial charge on any atom is -0.497 e. The highest BCUT2D eigenvalue weighted by atomic mass is 35.5. The summed E-state index contributed by atoms with van der Waals surface area (Å²) < 4.78 is 15.9. The number of aliphatic hydroxyl groups is 1. The second-order valence-electron chi connectivity index (χ2n) is 4.49. The van der Waals surface area contributed by atoms with Crippen LogP contribution >= 0.6 is 11.6 Å². The number of rotatable bonds is 8. The average Bonchev–Trinajstić information content (AvgIpc) is 2.58. The maximum absolute atomic E-state index is 8.85. The van der Waals surface area contributed by atoms with Gasteiger partial charge >= 0.3 is 0 Å². The Balaban J connectivity index is 2.15. The Morgan fingerprint density at radius 2 is 2.00 bits per heavy atom. The summed E-state index contributed by atoms with van der Waals surface area (Å²) in [6.07, 6.45) is 0. The van der Waals surface area contributed by atoms with Gasteiger partial charge in [-0.15, -0.1) is 10.2 Å². The zero-order valence-corrected chi connectivity index (χ0v) is 13.6. The molecule has 1 aromatic heterocycles. The molecule has 0 aliphatic heterocycles. The normalized spacial score (nSPS) is 10.3. The molecule has 2 rings (SSSR count). The van der Waals surface area contributed by atoms with E-state index in [1.54, 1.807) is 26.4 Å². The first-order valence-electron chi connectivity index (χ1n) is 6.89. The van der Waals surface area contributed by atoms with Crippen LogP contribution in [0.1, 0.15) is 5.56 Å². The first-order valence-corrected chi connectivity index (χ1v) is 7.27. The Bertz CT molecular complexity index is 655. The summed E-state index contributed by atoms with van der Waals surface area (Å²) in [6, 6.07) is 7.16. The Hall–Kier alpha value is -2.25. The predicted molar refractivity (Wildman–Crippen MR) is 86.5 cm³/mol. The molecule has 2 N–H and O–H groups in total. The highest BCUT2D eigenvalue weighted by Gasteiger charge is 2.10. The highest BCUT2D eigenvalue weighted by molar-refractivity contribution is 6.29. The molecule has 23 heavy (non-hydrogen) atoms. The second-order valence-corrected chi connectivity index (χ2v) is 4.88. The molecule has 0 unspecified atom stereocenters. The summed E-state index contributed by atoms with van der Waals surface area (Å²) in [6.45, 7) is 0.470. The molecule has 1 heterocycles. The van der Waals surface area contributed by atoms with Crippen LogP contribution in [0.3, 0.4) is 0 Å². The van der Waals surface area contributed by atoms with Gasteiger partial charge in [0.1, 0.15) is 23.8 Å². The molecule has 124 valence electrons. The Morgan fingerprint density at radius 1 is 1.17 bits per heavy atom. The van der Waals surface area contributed by atoms with Crippen molar-refractivity contribution < 1.29 is 19.3 Å². The van der Waals surface area contributed by atoms with Crippen molar-refractivity contribution >= 4 is 17.3 Å². The lowest BCUT2D eigenvalue weighted by molar-refractivity contribution is 0.196. The molecule has 0 amide bonds. The number of ether oxygens (including phenoxy) is 3. The topological polar surface area (TPSA) is 85.7 Å². The van der Waals surface area contributed by atoms with Gasteiger partial charge in [0, 0.05) is 24.2 Å². The fourth-order valence-corrected chi connectivity index (χ4v) is 2.07. The molecule has 2 aromatic rings. The van der Waals surface area contributed by atoms with Gasteiger partial charge in [-0.05, 0) is 12.1 Å². The molecule has 7 nitrogen and oxygen atoms in total. The lowest BCUT2D eigenvalue weighted by Crippen LogP contribution is -2.09. The van der Waals surface area contributed by atoms with Gasteiger partial charge in [0.25, 0.3) is 5.88 Å². The molecule has 0 radical (unpaired) electrons. The van der Waals surface area contributed by atoms with Crippen molar-refractivity contribution in [1.29, 1.82) is 0 Å². The van der Waals surface area contributed by atoms with E-state index in [0.29, 0.717) is 23.7 Å². The molecule has 0 aliphatic rings. The maximum atomic E-state index is 8.85. The number of hydrogen-bond acceptors (Lipinski definition) is 7. The third kappa shape index (κ3) is 4.61. The summed E-state index contributed by atoms with van der Waals surface area (Å²) in [7, 11) is 3.20. The number of methoxy groups -OCH3 is 2. The third-order valence-corrected chi connectivity index (χ3v) is 3.21. The number of aliphatic hydroxyl groups excluding tert-OH is 1. The standard InChI is InChI=1S/C15H18ClN3O4/c1-21-11-4-3-10(13(7-11)22-2)9-17-12-8-14(16)18-19-15(12)23-6-5-20/h3-4,7-8,20H,5-6,9H2,1-2H3,(H,17,18). The molecular formula is C15H18ClN3O4. The Labute approximate surface area is 139 Å². The van der Waals surface area contributed by atoms with Crippen LogP contribution in [0.15, 0.2) is 24.3 Å². The van der Waals surface area contributed by atoms with Gasteiger partial charge in [-0.2, -0.15) is 0 Å². The largest absolute Gasteiger partial charge is 0.497 e. The molecule has 0 saturated heterocycles. The van der Waals surface area contributed by atoms with E-state index in [-0.39, 0.29) is 24.2 Å². The lowest BCUT2D eigenvalue weighted by Gasteiger charge is -2.14. The Morgan fingerprint density at radius 3 is 2.70 bits per heavy atom. The molecular weight excluding hydrogens is 322 g/mol. The number of nitrogens with one attached hydrogen (secondary N) is 1. The average molecular weight is 340 g/mol. The quantitative estimate of drug-likeness (QED) is 0.762. The monoisotopic (exact) mass is 339 g/mol. The fourth-order valence-electron chi connectivity index (χ4n) is 1.92. The molecule has 8 heteroatoms. The van der Waals surface area contributed by atoms with E-state index >= 15 is 0 Å². The zero-order valence-electron chi connectivity index (χ0n) is 12.9. The van der Waals surface area contributed by atoms with Gasteiger partial charge in [-0.3, -0.25) is 0 Å². The molecule has 0 atom stereocenters. The summed E-state index contributed by atoms with van der Waals surface area (Å²) in [5, 5.41) is 19.9. The first kappa shape index (κ1) is 17.1. The summed E-state index contributed by atoms with van der Waals surface area (Å²) in [5.41, 5.74) is 1.51. The summed E-state index contributed by atoms with van der Waals surface area (Å²) in [4.78, 5) is 0. The lowest BCUT2D eigenvalue weighted by atomic mass is 10.2.